The first-order valence-electron chi connectivity index (χ1n) is 11.8. The van der Waals surface area contributed by atoms with Crippen LogP contribution >= 0.6 is 0 Å². The van der Waals surface area contributed by atoms with Gasteiger partial charge in [-0.3, -0.25) is 14.3 Å². The van der Waals surface area contributed by atoms with Gasteiger partial charge >= 0.3 is 0 Å². The summed E-state index contributed by atoms with van der Waals surface area (Å²) in [5, 5.41) is 7.17. The van der Waals surface area contributed by atoms with Crippen LogP contribution in [0.5, 0.6) is 5.75 Å². The normalized spacial score (nSPS) is 20.1. The lowest BCUT2D eigenvalue weighted by atomic mass is 10.0. The third-order valence-electron chi connectivity index (χ3n) is 5.75. The Morgan fingerprint density at radius 3 is 2.78 bits per heavy atom. The maximum atomic E-state index is 14.0. The largest absolute Gasteiger partial charge is 0.456 e. The van der Waals surface area contributed by atoms with E-state index in [-0.39, 0.29) is 30.1 Å². The zero-order valence-corrected chi connectivity index (χ0v) is 20.7. The number of nitrogens with zero attached hydrogens (tertiary/aromatic N) is 3. The van der Waals surface area contributed by atoms with Gasteiger partial charge in [-0.1, -0.05) is 13.8 Å². The molecular weight excluding hydrogens is 474 g/mol. The molecule has 9 nitrogen and oxygen atoms in total. The van der Waals surface area contributed by atoms with Crippen molar-refractivity contribution in [3.8, 4) is 5.75 Å². The monoisotopic (exact) mass is 504 g/mol. The molecule has 1 aromatic carbocycles. The van der Waals surface area contributed by atoms with E-state index in [1.807, 2.05) is 27.7 Å². The molecule has 0 aliphatic carbocycles. The van der Waals surface area contributed by atoms with E-state index >= 15 is 0 Å². The van der Waals surface area contributed by atoms with Crippen LogP contribution in [0.2, 0.25) is 0 Å². The molecule has 2 atom stereocenters. The van der Waals surface area contributed by atoms with Crippen LogP contribution in [0.1, 0.15) is 34.1 Å². The topological polar surface area (TPSA) is 94.9 Å². The number of rotatable bonds is 9. The molecule has 2 amide bonds. The summed E-state index contributed by atoms with van der Waals surface area (Å²) in [5.74, 6) is -2.69. The molecule has 0 bridgehead atoms. The quantitative estimate of drug-likeness (QED) is 0.562. The summed E-state index contributed by atoms with van der Waals surface area (Å²) in [6.45, 7) is 8.41. The summed E-state index contributed by atoms with van der Waals surface area (Å²) in [5.41, 5.74) is 0. The third-order valence-corrected chi connectivity index (χ3v) is 5.75. The first-order valence-corrected chi connectivity index (χ1v) is 11.8. The number of benzene rings is 1. The summed E-state index contributed by atoms with van der Waals surface area (Å²) in [7, 11) is 0. The summed E-state index contributed by atoms with van der Waals surface area (Å²) in [6, 6.07) is 3.67. The molecule has 2 aliphatic heterocycles. The Morgan fingerprint density at radius 2 is 2.08 bits per heavy atom. The van der Waals surface area contributed by atoms with Crippen LogP contribution in [-0.4, -0.2) is 57.6 Å². The molecular formula is C25H30F2N4O5. The standard InChI is InChI=1S/C25H30F2N4O5/c1-15(2)9-20(31-13-17(11-23(31)32)35-21-10-16(26)5-6-19(21)27)24(33)28-22-7-8-30(29-22)12-18-14-34-25(3,4)36-18/h5-8,10-11,15,18,20H,9,12-14H2,1-4H3,(H,28,29,33)/t18-,20+/m1/s1. The van der Waals surface area contributed by atoms with Crippen molar-refractivity contribution in [1.29, 1.82) is 0 Å². The fourth-order valence-electron chi connectivity index (χ4n) is 4.16. The minimum atomic E-state index is -0.815. The molecule has 1 aromatic heterocycles. The van der Waals surface area contributed by atoms with Crippen molar-refractivity contribution in [1.82, 2.24) is 14.7 Å². The predicted octanol–water partition coefficient (Wildman–Crippen LogP) is 3.47. The van der Waals surface area contributed by atoms with E-state index in [0.29, 0.717) is 25.4 Å². The second-order valence-corrected chi connectivity index (χ2v) is 9.76. The number of hydrogen-bond acceptors (Lipinski definition) is 6. The highest BCUT2D eigenvalue weighted by Gasteiger charge is 2.36. The van der Waals surface area contributed by atoms with Crippen molar-refractivity contribution >= 4 is 17.6 Å². The molecule has 0 saturated carbocycles. The average Bonchev–Trinajstić information content (AvgIpc) is 3.47. The Bertz CT molecular complexity index is 1160. The average molecular weight is 505 g/mol. The van der Waals surface area contributed by atoms with Crippen molar-refractivity contribution in [2.24, 2.45) is 5.92 Å². The molecule has 36 heavy (non-hydrogen) atoms. The second-order valence-electron chi connectivity index (χ2n) is 9.76. The van der Waals surface area contributed by atoms with E-state index in [9.17, 15) is 18.4 Å². The fraction of sp³-hybridized carbons (Fsp3) is 0.480. The smallest absolute Gasteiger partial charge is 0.251 e. The Balaban J connectivity index is 1.40. The zero-order valence-electron chi connectivity index (χ0n) is 20.7. The lowest BCUT2D eigenvalue weighted by Crippen LogP contribution is -2.46. The minimum absolute atomic E-state index is 0.0527. The van der Waals surface area contributed by atoms with Crippen molar-refractivity contribution in [3.05, 3.63) is 53.9 Å². The molecule has 2 aromatic rings. The Hall–Kier alpha value is -3.31. The highest BCUT2D eigenvalue weighted by Crippen LogP contribution is 2.26. The van der Waals surface area contributed by atoms with E-state index in [4.69, 9.17) is 14.2 Å². The van der Waals surface area contributed by atoms with Gasteiger partial charge in [-0.25, -0.2) is 8.78 Å². The van der Waals surface area contributed by atoms with Gasteiger partial charge in [0.25, 0.3) is 5.91 Å². The molecule has 0 unspecified atom stereocenters. The van der Waals surface area contributed by atoms with E-state index < -0.39 is 35.3 Å². The molecule has 4 rings (SSSR count). The highest BCUT2D eigenvalue weighted by atomic mass is 19.1. The number of amides is 2. The van der Waals surface area contributed by atoms with Crippen LogP contribution in [0.25, 0.3) is 0 Å². The Labute approximate surface area is 208 Å². The molecule has 1 fully saturated rings. The van der Waals surface area contributed by atoms with Crippen LogP contribution in [0, 0.1) is 17.6 Å². The first kappa shape index (κ1) is 25.8. The zero-order chi connectivity index (χ0) is 26.0. The van der Waals surface area contributed by atoms with Crippen LogP contribution in [-0.2, 0) is 25.6 Å². The number of ether oxygens (including phenoxy) is 3. The van der Waals surface area contributed by atoms with Gasteiger partial charge in [0, 0.05) is 24.4 Å². The summed E-state index contributed by atoms with van der Waals surface area (Å²) < 4.78 is 45.9. The van der Waals surface area contributed by atoms with Crippen molar-refractivity contribution in [2.45, 2.75) is 58.6 Å². The van der Waals surface area contributed by atoms with Gasteiger partial charge in [0.2, 0.25) is 5.91 Å². The van der Waals surface area contributed by atoms with Crippen LogP contribution in [0.4, 0.5) is 14.6 Å². The van der Waals surface area contributed by atoms with Gasteiger partial charge in [-0.15, -0.1) is 0 Å². The SMILES string of the molecule is CC(C)C[C@@H](C(=O)Nc1ccn(C[C@@H]2COC(C)(C)O2)n1)N1CC(Oc2cc(F)ccc2F)=CC1=O. The molecule has 2 aliphatic rings. The van der Waals surface area contributed by atoms with Crippen LogP contribution < -0.4 is 10.1 Å². The third kappa shape index (κ3) is 6.27. The van der Waals surface area contributed by atoms with E-state index in [0.717, 1.165) is 18.2 Å². The second kappa shape index (κ2) is 10.4. The Morgan fingerprint density at radius 1 is 1.31 bits per heavy atom. The van der Waals surface area contributed by atoms with Crippen molar-refractivity contribution in [2.75, 3.05) is 18.5 Å². The fourth-order valence-corrected chi connectivity index (χ4v) is 4.16. The first-order chi connectivity index (χ1) is 17.0. The molecule has 1 saturated heterocycles. The lowest BCUT2D eigenvalue weighted by Gasteiger charge is -2.28. The molecule has 194 valence electrons. The van der Waals surface area contributed by atoms with E-state index in [2.05, 4.69) is 10.4 Å². The number of carbonyl (C=O) groups is 2. The molecule has 3 heterocycles. The lowest BCUT2D eigenvalue weighted by molar-refractivity contribution is -0.139. The summed E-state index contributed by atoms with van der Waals surface area (Å²) in [6.07, 6.45) is 3.14. The van der Waals surface area contributed by atoms with Gasteiger partial charge in [0.15, 0.2) is 23.2 Å². The van der Waals surface area contributed by atoms with Crippen LogP contribution in [0.3, 0.4) is 0 Å². The van der Waals surface area contributed by atoms with Crippen molar-refractivity contribution in [3.63, 3.8) is 0 Å². The number of hydrogen-bond donors (Lipinski definition) is 1. The molecule has 1 N–H and O–H groups in total. The minimum Gasteiger partial charge on any atom is -0.456 e. The van der Waals surface area contributed by atoms with Gasteiger partial charge in [-0.05, 0) is 38.3 Å². The molecule has 0 radical (unpaired) electrons. The molecule has 0 spiro atoms. The summed E-state index contributed by atoms with van der Waals surface area (Å²) >= 11 is 0. The molecule has 11 heteroatoms. The van der Waals surface area contributed by atoms with Gasteiger partial charge in [0.05, 0.1) is 19.7 Å². The maximum absolute atomic E-state index is 14.0. The van der Waals surface area contributed by atoms with E-state index in [1.165, 1.54) is 11.0 Å². The number of nitrogens with one attached hydrogen (secondary N) is 1. The predicted molar refractivity (Wildman–Crippen MR) is 126 cm³/mol. The number of aromatic nitrogens is 2. The van der Waals surface area contributed by atoms with Crippen molar-refractivity contribution < 1.29 is 32.6 Å². The number of halogens is 2. The van der Waals surface area contributed by atoms with Gasteiger partial charge in [-0.2, -0.15) is 5.10 Å². The van der Waals surface area contributed by atoms with Gasteiger partial charge < -0.3 is 24.4 Å². The number of anilines is 1. The van der Waals surface area contributed by atoms with E-state index in [1.54, 1.807) is 16.9 Å². The number of carbonyl (C=O) groups excluding carboxylic acids is 2. The summed E-state index contributed by atoms with van der Waals surface area (Å²) in [4.78, 5) is 27.3. The van der Waals surface area contributed by atoms with Gasteiger partial charge in [0.1, 0.15) is 23.7 Å². The van der Waals surface area contributed by atoms with Crippen LogP contribution in [0.15, 0.2) is 42.3 Å². The highest BCUT2D eigenvalue weighted by molar-refractivity contribution is 5.99. The Kier molecular flexibility index (Phi) is 7.41. The maximum Gasteiger partial charge on any atom is 0.251 e.